The molecule has 0 aromatic heterocycles. The van der Waals surface area contributed by atoms with E-state index in [1.807, 2.05) is 0 Å². The molecule has 0 amide bonds. The molecule has 0 aromatic rings. The van der Waals surface area contributed by atoms with Gasteiger partial charge in [-0.1, -0.05) is 19.9 Å². The highest BCUT2D eigenvalue weighted by Crippen LogP contribution is 2.41. The molecule has 0 aliphatic carbocycles. The van der Waals surface area contributed by atoms with E-state index >= 15 is 0 Å². The number of nitrogens with zero attached hydrogens (tertiary/aromatic N) is 1. The number of rotatable bonds is 6. The molecular weight excluding hydrogens is 319 g/mol. The average molecular weight is 337 g/mol. The van der Waals surface area contributed by atoms with Gasteiger partial charge in [0.2, 0.25) is 0 Å². The van der Waals surface area contributed by atoms with E-state index in [-0.39, 0.29) is 6.61 Å². The normalized spacial score (nSPS) is 16.3. The van der Waals surface area contributed by atoms with Gasteiger partial charge in [-0.05, 0) is 12.8 Å². The predicted octanol–water partition coefficient (Wildman–Crippen LogP) is 1.74. The average Bonchev–Trinajstić information content (AvgIpc) is 2.45. The Balaban J connectivity index is 6.18. The summed E-state index contributed by atoms with van der Waals surface area (Å²) in [6.45, 7) is 3.94. The van der Waals surface area contributed by atoms with Crippen molar-refractivity contribution in [3.63, 3.8) is 0 Å². The van der Waals surface area contributed by atoms with Crippen molar-refractivity contribution in [3.05, 3.63) is 11.6 Å². The number of ether oxygens (including phenoxy) is 2. The van der Waals surface area contributed by atoms with Crippen molar-refractivity contribution in [1.29, 1.82) is 5.26 Å². The van der Waals surface area contributed by atoms with Crippen molar-refractivity contribution < 1.29 is 37.3 Å². The van der Waals surface area contributed by atoms with Crippen molar-refractivity contribution in [1.82, 2.24) is 0 Å². The smallest absolute Gasteiger partial charge is 0.428 e. The van der Waals surface area contributed by atoms with E-state index in [9.17, 15) is 27.9 Å². The number of esters is 2. The second kappa shape index (κ2) is 7.97. The molecule has 0 aliphatic heterocycles. The lowest BCUT2D eigenvalue weighted by Gasteiger charge is -2.35. The molecule has 0 aromatic carbocycles. The molecule has 2 atom stereocenters. The van der Waals surface area contributed by atoms with E-state index in [0.29, 0.717) is 13.2 Å². The minimum absolute atomic E-state index is 0.0925. The fourth-order valence-electron chi connectivity index (χ4n) is 1.93. The van der Waals surface area contributed by atoms with Crippen LogP contribution in [0, 0.1) is 23.2 Å². The molecule has 130 valence electrons. The third-order valence-corrected chi connectivity index (χ3v) is 3.09. The standard InChI is InChI=1S/C14H18F3NO5/c1-5-23-11(19)9(7-18)6-10(8(2)3)13(21,12(20)22-4)14(15,16)17/h6,8,10,21H,5H2,1-4H3/b9-6+. The summed E-state index contributed by atoms with van der Waals surface area (Å²) in [6, 6.07) is 1.41. The Morgan fingerprint density at radius 1 is 1.35 bits per heavy atom. The zero-order chi connectivity index (χ0) is 18.4. The number of methoxy groups -OCH3 is 1. The summed E-state index contributed by atoms with van der Waals surface area (Å²) in [6.07, 6.45) is -4.78. The zero-order valence-electron chi connectivity index (χ0n) is 13.1. The van der Waals surface area contributed by atoms with E-state index < -0.39 is 41.1 Å². The molecule has 0 bridgehead atoms. The van der Waals surface area contributed by atoms with Gasteiger partial charge in [-0.15, -0.1) is 0 Å². The molecule has 0 heterocycles. The van der Waals surface area contributed by atoms with Crippen LogP contribution in [0.15, 0.2) is 11.6 Å². The van der Waals surface area contributed by atoms with Gasteiger partial charge in [-0.3, -0.25) is 0 Å². The highest BCUT2D eigenvalue weighted by molar-refractivity contribution is 5.93. The zero-order valence-corrected chi connectivity index (χ0v) is 13.1. The van der Waals surface area contributed by atoms with Crippen LogP contribution in [0.25, 0.3) is 0 Å². The van der Waals surface area contributed by atoms with Crippen LogP contribution < -0.4 is 0 Å². The second-order valence-electron chi connectivity index (χ2n) is 4.94. The fraction of sp³-hybridized carbons (Fsp3) is 0.643. The van der Waals surface area contributed by atoms with Crippen molar-refractivity contribution in [2.75, 3.05) is 13.7 Å². The van der Waals surface area contributed by atoms with Gasteiger partial charge in [0.05, 0.1) is 13.7 Å². The highest BCUT2D eigenvalue weighted by Gasteiger charge is 2.65. The Labute approximate surface area is 131 Å². The van der Waals surface area contributed by atoms with Crippen LogP contribution >= 0.6 is 0 Å². The molecule has 1 N–H and O–H groups in total. The molecule has 0 rings (SSSR count). The summed E-state index contributed by atoms with van der Waals surface area (Å²) in [5, 5.41) is 18.9. The van der Waals surface area contributed by atoms with Crippen LogP contribution in [0.5, 0.6) is 0 Å². The van der Waals surface area contributed by atoms with Crippen LogP contribution in [-0.4, -0.2) is 42.5 Å². The lowest BCUT2D eigenvalue weighted by atomic mass is 9.77. The molecule has 0 fully saturated rings. The molecule has 2 unspecified atom stereocenters. The quantitative estimate of drug-likeness (QED) is 0.450. The van der Waals surface area contributed by atoms with Crippen molar-refractivity contribution in [2.24, 2.45) is 11.8 Å². The number of hydrogen-bond donors (Lipinski definition) is 1. The van der Waals surface area contributed by atoms with Gasteiger partial charge in [0.1, 0.15) is 11.6 Å². The van der Waals surface area contributed by atoms with Gasteiger partial charge < -0.3 is 14.6 Å². The molecule has 0 saturated carbocycles. The third-order valence-electron chi connectivity index (χ3n) is 3.09. The van der Waals surface area contributed by atoms with E-state index in [2.05, 4.69) is 9.47 Å². The van der Waals surface area contributed by atoms with Crippen LogP contribution in [0.1, 0.15) is 20.8 Å². The van der Waals surface area contributed by atoms with Gasteiger partial charge in [0.25, 0.3) is 5.60 Å². The van der Waals surface area contributed by atoms with Crippen LogP contribution in [-0.2, 0) is 19.1 Å². The maximum Gasteiger partial charge on any atom is 0.428 e. The Morgan fingerprint density at radius 2 is 1.87 bits per heavy atom. The SMILES string of the molecule is CCOC(=O)/C(C#N)=C/C(C(C)C)C(O)(C(=O)OC)C(F)(F)F. The van der Waals surface area contributed by atoms with E-state index in [1.54, 1.807) is 0 Å². The Kier molecular flexibility index (Phi) is 7.25. The first-order valence-electron chi connectivity index (χ1n) is 6.63. The second-order valence-corrected chi connectivity index (χ2v) is 4.94. The summed E-state index contributed by atoms with van der Waals surface area (Å²) in [5.74, 6) is -5.94. The summed E-state index contributed by atoms with van der Waals surface area (Å²) < 4.78 is 48.4. The maximum atomic E-state index is 13.3. The lowest BCUT2D eigenvalue weighted by Crippen LogP contribution is -2.59. The number of carbonyl (C=O) groups is 2. The molecule has 23 heavy (non-hydrogen) atoms. The number of carbonyl (C=O) groups excluding carboxylic acids is 2. The van der Waals surface area contributed by atoms with E-state index in [1.165, 1.54) is 26.8 Å². The molecule has 6 nitrogen and oxygen atoms in total. The van der Waals surface area contributed by atoms with Crippen molar-refractivity contribution in [2.45, 2.75) is 32.5 Å². The Morgan fingerprint density at radius 3 is 2.17 bits per heavy atom. The summed E-state index contributed by atoms with van der Waals surface area (Å²) in [7, 11) is 0.691. The van der Waals surface area contributed by atoms with Gasteiger partial charge in [0, 0.05) is 5.92 Å². The molecular formula is C14H18F3NO5. The summed E-state index contributed by atoms with van der Waals surface area (Å²) in [4.78, 5) is 23.1. The first-order chi connectivity index (χ1) is 10.5. The summed E-state index contributed by atoms with van der Waals surface area (Å²) in [5.41, 5.74) is -4.64. The molecule has 0 saturated heterocycles. The summed E-state index contributed by atoms with van der Waals surface area (Å²) >= 11 is 0. The largest absolute Gasteiger partial charge is 0.467 e. The predicted molar refractivity (Wildman–Crippen MR) is 71.7 cm³/mol. The number of nitriles is 1. The molecule has 9 heteroatoms. The monoisotopic (exact) mass is 337 g/mol. The highest BCUT2D eigenvalue weighted by atomic mass is 19.4. The first-order valence-corrected chi connectivity index (χ1v) is 6.63. The van der Waals surface area contributed by atoms with Gasteiger partial charge in [-0.25, -0.2) is 9.59 Å². The first kappa shape index (κ1) is 20.9. The number of halogens is 3. The Hall–Kier alpha value is -2.08. The number of alkyl halides is 3. The van der Waals surface area contributed by atoms with E-state index in [0.717, 1.165) is 0 Å². The van der Waals surface area contributed by atoms with Gasteiger partial charge in [0.15, 0.2) is 0 Å². The van der Waals surface area contributed by atoms with Gasteiger partial charge in [-0.2, -0.15) is 18.4 Å². The fourth-order valence-corrected chi connectivity index (χ4v) is 1.93. The van der Waals surface area contributed by atoms with Gasteiger partial charge >= 0.3 is 18.1 Å². The topological polar surface area (TPSA) is 96.6 Å². The maximum absolute atomic E-state index is 13.3. The lowest BCUT2D eigenvalue weighted by molar-refractivity contribution is -0.276. The van der Waals surface area contributed by atoms with Crippen LogP contribution in [0.4, 0.5) is 13.2 Å². The minimum atomic E-state index is -5.37. The number of aliphatic hydroxyl groups is 1. The van der Waals surface area contributed by atoms with Crippen LogP contribution in [0.3, 0.4) is 0 Å². The van der Waals surface area contributed by atoms with Crippen molar-refractivity contribution >= 4 is 11.9 Å². The van der Waals surface area contributed by atoms with E-state index in [4.69, 9.17) is 5.26 Å². The third kappa shape index (κ3) is 4.45. The minimum Gasteiger partial charge on any atom is -0.467 e. The molecule has 0 aliphatic rings. The molecule has 0 radical (unpaired) electrons. The molecule has 0 spiro atoms. The van der Waals surface area contributed by atoms with Crippen LogP contribution in [0.2, 0.25) is 0 Å². The van der Waals surface area contributed by atoms with Crippen molar-refractivity contribution in [3.8, 4) is 6.07 Å². The number of hydrogen-bond acceptors (Lipinski definition) is 6. The Bertz CT molecular complexity index is 521.